The van der Waals surface area contributed by atoms with Crippen LogP contribution in [0.1, 0.15) is 11.3 Å². The molecule has 2 heterocycles. The maximum atomic E-state index is 12.3. The molecule has 0 spiro atoms. The van der Waals surface area contributed by atoms with Crippen molar-refractivity contribution in [3.8, 4) is 5.75 Å². The summed E-state index contributed by atoms with van der Waals surface area (Å²) in [5, 5.41) is 16.9. The quantitative estimate of drug-likeness (QED) is 0.624. The number of carbonyl (C=O) groups is 1. The molecular weight excluding hydrogens is 338 g/mol. The summed E-state index contributed by atoms with van der Waals surface area (Å²) in [6.45, 7) is 0.708. The van der Waals surface area contributed by atoms with Gasteiger partial charge in [-0.3, -0.25) is 10.1 Å². The highest BCUT2D eigenvalue weighted by Crippen LogP contribution is 2.24. The summed E-state index contributed by atoms with van der Waals surface area (Å²) in [6.07, 6.45) is 7.57. The highest BCUT2D eigenvalue weighted by Gasteiger charge is 2.17. The summed E-state index contributed by atoms with van der Waals surface area (Å²) in [7, 11) is 0. The van der Waals surface area contributed by atoms with E-state index in [1.165, 1.54) is 0 Å². The van der Waals surface area contributed by atoms with Gasteiger partial charge in [-0.15, -0.1) is 0 Å². The van der Waals surface area contributed by atoms with Crippen LogP contribution in [0.5, 0.6) is 5.75 Å². The van der Waals surface area contributed by atoms with Crippen molar-refractivity contribution in [3.05, 3.63) is 78.0 Å². The molecule has 134 valence electrons. The van der Waals surface area contributed by atoms with Gasteiger partial charge in [-0.2, -0.15) is 0 Å². The number of para-hydroxylation sites is 2. The first-order valence-electron chi connectivity index (χ1n) is 8.77. The van der Waals surface area contributed by atoms with Crippen LogP contribution in [0.25, 0.3) is 23.1 Å². The molecule has 1 aromatic heterocycles. The Labute approximate surface area is 157 Å². The largest absolute Gasteiger partial charge is 0.506 e. The first-order chi connectivity index (χ1) is 13.2. The first kappa shape index (κ1) is 17.0. The molecule has 0 aliphatic carbocycles. The SMILES string of the molecule is O=C(Nc1ccccc1/C=C/c1ccc2cccc(O)c2n1)C1C=CCN1. The van der Waals surface area contributed by atoms with E-state index >= 15 is 0 Å². The molecule has 0 saturated carbocycles. The van der Waals surface area contributed by atoms with E-state index in [2.05, 4.69) is 15.6 Å². The van der Waals surface area contributed by atoms with Gasteiger partial charge in [0.2, 0.25) is 5.91 Å². The molecule has 3 N–H and O–H groups in total. The lowest BCUT2D eigenvalue weighted by molar-refractivity contribution is -0.116. The average molecular weight is 357 g/mol. The van der Waals surface area contributed by atoms with E-state index in [9.17, 15) is 9.90 Å². The normalized spacial score (nSPS) is 16.2. The molecule has 1 aliphatic heterocycles. The third-order valence-corrected chi connectivity index (χ3v) is 4.44. The fourth-order valence-corrected chi connectivity index (χ4v) is 3.03. The van der Waals surface area contributed by atoms with Crippen molar-refractivity contribution >= 4 is 34.6 Å². The van der Waals surface area contributed by atoms with Crippen molar-refractivity contribution in [1.82, 2.24) is 10.3 Å². The number of phenolic OH excluding ortho intramolecular Hbond substituents is 1. The van der Waals surface area contributed by atoms with Crippen molar-refractivity contribution in [2.24, 2.45) is 0 Å². The summed E-state index contributed by atoms with van der Waals surface area (Å²) in [5.74, 6) is 0.0749. The van der Waals surface area contributed by atoms with Crippen molar-refractivity contribution in [3.63, 3.8) is 0 Å². The number of amides is 1. The van der Waals surface area contributed by atoms with E-state index in [0.29, 0.717) is 12.1 Å². The second kappa shape index (κ2) is 7.43. The topological polar surface area (TPSA) is 74.2 Å². The van der Waals surface area contributed by atoms with E-state index in [1.807, 2.05) is 66.8 Å². The monoisotopic (exact) mass is 357 g/mol. The second-order valence-corrected chi connectivity index (χ2v) is 6.31. The third-order valence-electron chi connectivity index (χ3n) is 4.44. The zero-order valence-corrected chi connectivity index (χ0v) is 14.6. The smallest absolute Gasteiger partial charge is 0.245 e. The van der Waals surface area contributed by atoms with Gasteiger partial charge in [0.25, 0.3) is 0 Å². The molecule has 3 aromatic rings. The molecule has 5 heteroatoms. The second-order valence-electron chi connectivity index (χ2n) is 6.31. The molecule has 27 heavy (non-hydrogen) atoms. The van der Waals surface area contributed by atoms with Crippen molar-refractivity contribution < 1.29 is 9.90 Å². The van der Waals surface area contributed by atoms with Crippen LogP contribution in [0.2, 0.25) is 0 Å². The predicted molar refractivity (Wildman–Crippen MR) is 108 cm³/mol. The zero-order chi connectivity index (χ0) is 18.6. The van der Waals surface area contributed by atoms with Crippen LogP contribution in [0.4, 0.5) is 5.69 Å². The van der Waals surface area contributed by atoms with Crippen LogP contribution < -0.4 is 10.6 Å². The molecule has 1 atom stereocenters. The average Bonchev–Trinajstić information content (AvgIpc) is 3.23. The molecule has 1 aliphatic rings. The van der Waals surface area contributed by atoms with Crippen LogP contribution in [0, 0.1) is 0 Å². The molecule has 4 rings (SSSR count). The Balaban J connectivity index is 1.58. The maximum Gasteiger partial charge on any atom is 0.245 e. The van der Waals surface area contributed by atoms with Gasteiger partial charge in [0.15, 0.2) is 0 Å². The van der Waals surface area contributed by atoms with E-state index in [0.717, 1.165) is 22.3 Å². The molecule has 0 radical (unpaired) electrons. The number of hydrogen-bond donors (Lipinski definition) is 3. The number of carbonyl (C=O) groups excluding carboxylic acids is 1. The standard InChI is InChI=1S/C22H19N3O2/c26-20-9-3-6-16-11-13-17(24-21(16)20)12-10-15-5-1-2-7-18(15)25-22(27)19-8-4-14-23-19/h1-13,19,23,26H,14H2,(H,25,27)/b12-10+. The fraction of sp³-hybridized carbons (Fsp3) is 0.0909. The van der Waals surface area contributed by atoms with Crippen LogP contribution in [0.15, 0.2) is 66.7 Å². The number of fused-ring (bicyclic) bond motifs is 1. The van der Waals surface area contributed by atoms with E-state index in [4.69, 9.17) is 0 Å². The maximum absolute atomic E-state index is 12.3. The Kier molecular flexibility index (Phi) is 4.68. The van der Waals surface area contributed by atoms with Gasteiger partial charge < -0.3 is 10.4 Å². The Bertz CT molecular complexity index is 1060. The minimum Gasteiger partial charge on any atom is -0.506 e. The van der Waals surface area contributed by atoms with Crippen LogP contribution >= 0.6 is 0 Å². The van der Waals surface area contributed by atoms with Gasteiger partial charge in [0.1, 0.15) is 17.3 Å². The summed E-state index contributed by atoms with van der Waals surface area (Å²) in [5.41, 5.74) is 2.92. The number of benzene rings is 2. The molecule has 1 unspecified atom stereocenters. The molecule has 1 amide bonds. The summed E-state index contributed by atoms with van der Waals surface area (Å²) in [6, 6.07) is 16.5. The van der Waals surface area contributed by atoms with Gasteiger partial charge in [-0.25, -0.2) is 4.98 Å². The molecule has 0 bridgehead atoms. The van der Waals surface area contributed by atoms with Crippen LogP contribution in [0.3, 0.4) is 0 Å². The number of rotatable bonds is 4. The first-order valence-corrected chi connectivity index (χ1v) is 8.77. The number of nitrogens with one attached hydrogen (secondary N) is 2. The number of pyridine rings is 1. The lowest BCUT2D eigenvalue weighted by Gasteiger charge is -2.12. The van der Waals surface area contributed by atoms with Crippen molar-refractivity contribution in [2.45, 2.75) is 6.04 Å². The van der Waals surface area contributed by atoms with E-state index in [-0.39, 0.29) is 17.7 Å². The van der Waals surface area contributed by atoms with Gasteiger partial charge in [0.05, 0.1) is 5.69 Å². The number of phenols is 1. The summed E-state index contributed by atoms with van der Waals surface area (Å²) in [4.78, 5) is 16.8. The number of anilines is 1. The molecule has 0 fully saturated rings. The third kappa shape index (κ3) is 3.73. The molecule has 5 nitrogen and oxygen atoms in total. The Morgan fingerprint density at radius 1 is 1.11 bits per heavy atom. The number of aromatic hydroxyl groups is 1. The van der Waals surface area contributed by atoms with Gasteiger partial charge in [0, 0.05) is 17.6 Å². The number of aromatic nitrogens is 1. The van der Waals surface area contributed by atoms with Crippen LogP contribution in [-0.4, -0.2) is 28.6 Å². The number of hydrogen-bond acceptors (Lipinski definition) is 4. The van der Waals surface area contributed by atoms with Crippen molar-refractivity contribution in [1.29, 1.82) is 0 Å². The van der Waals surface area contributed by atoms with E-state index in [1.54, 1.807) is 12.1 Å². The van der Waals surface area contributed by atoms with Gasteiger partial charge in [-0.1, -0.05) is 54.6 Å². The lowest BCUT2D eigenvalue weighted by Crippen LogP contribution is -2.35. The highest BCUT2D eigenvalue weighted by molar-refractivity contribution is 5.98. The fourth-order valence-electron chi connectivity index (χ4n) is 3.03. The Hall–Kier alpha value is -3.44. The molecule has 2 aromatic carbocycles. The molecular formula is C22H19N3O2. The minimum absolute atomic E-state index is 0.0849. The van der Waals surface area contributed by atoms with Gasteiger partial charge >= 0.3 is 0 Å². The Morgan fingerprint density at radius 2 is 2.00 bits per heavy atom. The summed E-state index contributed by atoms with van der Waals surface area (Å²) >= 11 is 0. The Morgan fingerprint density at radius 3 is 2.85 bits per heavy atom. The predicted octanol–water partition coefficient (Wildman–Crippen LogP) is 3.58. The highest BCUT2D eigenvalue weighted by atomic mass is 16.3. The summed E-state index contributed by atoms with van der Waals surface area (Å²) < 4.78 is 0. The van der Waals surface area contributed by atoms with E-state index < -0.39 is 0 Å². The lowest BCUT2D eigenvalue weighted by atomic mass is 10.1. The van der Waals surface area contributed by atoms with Crippen LogP contribution in [-0.2, 0) is 4.79 Å². The van der Waals surface area contributed by atoms with Crippen molar-refractivity contribution in [2.75, 3.05) is 11.9 Å². The zero-order valence-electron chi connectivity index (χ0n) is 14.6. The number of nitrogens with zero attached hydrogens (tertiary/aromatic N) is 1. The van der Waals surface area contributed by atoms with Gasteiger partial charge in [-0.05, 0) is 29.8 Å². The molecule has 0 saturated heterocycles. The minimum atomic E-state index is -0.299.